The number of nitrogens with zero attached hydrogens (tertiary/aromatic N) is 4. The molecule has 14 nitrogen and oxygen atoms in total. The van der Waals surface area contributed by atoms with Crippen molar-refractivity contribution in [2.45, 2.75) is 180 Å². The molecule has 4 saturated heterocycles. The average Bonchev–Trinajstić information content (AvgIpc) is 4.05. The molecule has 5 unspecified atom stereocenters. The molecule has 4 rings (SSSR count). The number of unbranched alkanes of at least 4 members (excludes halogenated alkanes) is 3. The first kappa shape index (κ1) is 62.2. The van der Waals surface area contributed by atoms with E-state index in [1.807, 2.05) is 9.62 Å². The van der Waals surface area contributed by atoms with Gasteiger partial charge in [0, 0.05) is 6.91 Å². The Morgan fingerprint density at radius 1 is 0.767 bits per heavy atom. The van der Waals surface area contributed by atoms with Crippen LogP contribution in [0.3, 0.4) is 0 Å². The third-order valence-corrected chi connectivity index (χ3v) is 12.4. The van der Waals surface area contributed by atoms with E-state index >= 15 is 0 Å². The van der Waals surface area contributed by atoms with Gasteiger partial charge in [-0.25, -0.2) is 0 Å². The van der Waals surface area contributed by atoms with Crippen molar-refractivity contribution >= 4 is 73.0 Å². The SMILES string of the molecule is CCCCC1(C(=O)OC)CCCN1B(C)O.CCCCC1(C=O)CCCN1B(C)O.CCCCC1(CO)CCCN1B(C)O.COC(=O)C1CCCN1B(C)O.[2H]CP.[AlH3].[H-].[Li+]. The van der Waals surface area contributed by atoms with E-state index in [4.69, 9.17) is 6.11 Å². The molecular weight excluding hydrogens is 793 g/mol. The van der Waals surface area contributed by atoms with Gasteiger partial charge in [0.25, 0.3) is 0 Å². The summed E-state index contributed by atoms with van der Waals surface area (Å²) in [6.07, 6.45) is 17.7. The number of aldehydes is 1. The Bertz CT molecular complexity index is 1180. The molecule has 0 aromatic carbocycles. The number of carbonyl (C=O) groups excluding carboxylic acids is 3. The van der Waals surface area contributed by atoms with Crippen molar-refractivity contribution in [2.24, 2.45) is 0 Å². The van der Waals surface area contributed by atoms with E-state index in [2.05, 4.69) is 39.6 Å². The van der Waals surface area contributed by atoms with Gasteiger partial charge in [0.2, 0.25) is 0 Å². The molecule has 5 atom stereocenters. The normalized spacial score (nSPS) is 25.1. The molecule has 0 radical (unpaired) electrons. The minimum absolute atomic E-state index is 0. The second-order valence-corrected chi connectivity index (χ2v) is 16.3. The van der Waals surface area contributed by atoms with Crippen LogP contribution in [0.4, 0.5) is 0 Å². The predicted octanol–water partition coefficient (Wildman–Crippen LogP) is -0.113. The predicted molar refractivity (Wildman–Crippen MR) is 254 cm³/mol. The van der Waals surface area contributed by atoms with E-state index in [9.17, 15) is 39.6 Å². The maximum atomic E-state index is 12.0. The van der Waals surface area contributed by atoms with Gasteiger partial charge in [0.15, 0.2) is 17.4 Å². The van der Waals surface area contributed by atoms with Gasteiger partial charge >= 0.3 is 59.0 Å². The molecular formula is C39H87AlB4LiN4O10P. The fourth-order valence-electron chi connectivity index (χ4n) is 9.30. The Morgan fingerprint density at radius 2 is 1.25 bits per heavy atom. The third kappa shape index (κ3) is 18.9. The number of aliphatic hydroxyl groups is 1. The van der Waals surface area contributed by atoms with Crippen molar-refractivity contribution in [3.05, 3.63) is 0 Å². The van der Waals surface area contributed by atoms with Gasteiger partial charge in [0.1, 0.15) is 17.9 Å². The van der Waals surface area contributed by atoms with Gasteiger partial charge in [-0.05, 0) is 124 Å². The van der Waals surface area contributed by atoms with Crippen LogP contribution in [0, 0.1) is 0 Å². The number of ether oxygens (including phenoxy) is 2. The molecule has 0 amide bonds. The van der Waals surface area contributed by atoms with Crippen LogP contribution in [0.2, 0.25) is 27.3 Å². The van der Waals surface area contributed by atoms with Crippen molar-refractivity contribution < 1.29 is 70.7 Å². The van der Waals surface area contributed by atoms with Crippen molar-refractivity contribution in [1.29, 1.82) is 0 Å². The topological polar surface area (TPSA) is 184 Å². The van der Waals surface area contributed by atoms with Crippen molar-refractivity contribution in [1.82, 2.24) is 19.2 Å². The summed E-state index contributed by atoms with van der Waals surface area (Å²) in [7, 11) is 2.97. The molecule has 0 spiro atoms. The monoisotopic (exact) mass is 882 g/mol. The van der Waals surface area contributed by atoms with Gasteiger partial charge in [-0.1, -0.05) is 65.9 Å². The zero-order valence-corrected chi connectivity index (χ0v) is 40.0. The fraction of sp³-hybridized carbons (Fsp3) is 0.923. The average molecular weight is 881 g/mol. The van der Waals surface area contributed by atoms with E-state index in [0.717, 1.165) is 142 Å². The van der Waals surface area contributed by atoms with Gasteiger partial charge in [-0.3, -0.25) is 9.59 Å². The Balaban J connectivity index is -0.000000349. The van der Waals surface area contributed by atoms with Crippen LogP contribution in [0.5, 0.6) is 0 Å². The van der Waals surface area contributed by atoms with Gasteiger partial charge in [-0.15, -0.1) is 9.24 Å². The largest absolute Gasteiger partial charge is 1.00 e. The Hall–Kier alpha value is 0.0696. The Kier molecular flexibility index (Phi) is 35.7. The number of esters is 2. The van der Waals surface area contributed by atoms with E-state index in [0.29, 0.717) is 6.64 Å². The molecule has 4 fully saturated rings. The van der Waals surface area contributed by atoms with Gasteiger partial charge < -0.3 is 60.1 Å². The standard InChI is InChI=1S/C11H22BNO3.C10H22BNO2.C10H20BNO2.C7H14BNO3.CH5P.Al.Li.4H/c1-4-5-7-11(10(14)16-3)8-6-9-13(11)12(2)15;2*1-3-4-6-10(9-13)7-5-8-12(10)11(2)14;1-8(11)9-5-3-4-6(9)7(10)12-2;1-2;;;;;;/h15H,4-9H2,1-3H3;13-14H,3-9H2,1-2H3;9,14H,3-8H2,1-2H3;6,11H,3-5H2,1-2H3;2H2,1H3;;;;;;/q;;;;;;+1;;;;-1/i;;;;1D;;;;;;. The fourth-order valence-corrected chi connectivity index (χ4v) is 9.30. The van der Waals surface area contributed by atoms with Crippen molar-refractivity contribution in [3.8, 4) is 0 Å². The van der Waals surface area contributed by atoms with Crippen LogP contribution in [-0.4, -0.2) is 185 Å². The van der Waals surface area contributed by atoms with Crippen LogP contribution in [0.25, 0.3) is 0 Å². The summed E-state index contributed by atoms with van der Waals surface area (Å²) >= 11 is 0. The number of hydrogen-bond acceptors (Lipinski definition) is 14. The Labute approximate surface area is 394 Å². The van der Waals surface area contributed by atoms with Crippen LogP contribution in [-0.2, 0) is 23.9 Å². The number of hydrogen-bond donors (Lipinski definition) is 5. The Morgan fingerprint density at radius 3 is 1.72 bits per heavy atom. The second kappa shape index (κ2) is 34.4. The molecule has 5 N–H and O–H groups in total. The molecule has 4 heterocycles. The molecule has 4 aliphatic rings. The zero-order chi connectivity index (χ0) is 45.2. The molecule has 0 aromatic heterocycles. The zero-order valence-electron chi connectivity index (χ0n) is 40.9. The molecule has 0 bridgehead atoms. The molecule has 0 aromatic rings. The number of methoxy groups -OCH3 is 2. The van der Waals surface area contributed by atoms with E-state index in [-0.39, 0.29) is 73.3 Å². The van der Waals surface area contributed by atoms with Crippen LogP contribution in [0.15, 0.2) is 0 Å². The maximum Gasteiger partial charge on any atom is 1.00 e. The summed E-state index contributed by atoms with van der Waals surface area (Å²) in [5.74, 6) is -0.437. The summed E-state index contributed by atoms with van der Waals surface area (Å²) in [6, 6.07) is -0.241. The number of aliphatic hydroxyl groups excluding tert-OH is 1. The van der Waals surface area contributed by atoms with E-state index in [1.165, 1.54) is 14.2 Å². The van der Waals surface area contributed by atoms with Crippen LogP contribution < -0.4 is 18.9 Å². The maximum absolute atomic E-state index is 12.0. The summed E-state index contributed by atoms with van der Waals surface area (Å²) < 4.78 is 15.7. The molecule has 4 aliphatic heterocycles. The minimum atomic E-state index is -0.585. The first-order valence-corrected chi connectivity index (χ1v) is 22.8. The molecule has 344 valence electrons. The minimum Gasteiger partial charge on any atom is -1.00 e. The van der Waals surface area contributed by atoms with Crippen molar-refractivity contribution in [2.75, 3.05) is 53.6 Å². The van der Waals surface area contributed by atoms with Crippen LogP contribution in [0.1, 0.15) is 133 Å². The first-order chi connectivity index (χ1) is 28.0. The number of rotatable bonds is 17. The summed E-state index contributed by atoms with van der Waals surface area (Å²) in [5, 5.41) is 47.8. The van der Waals surface area contributed by atoms with E-state index in [1.54, 1.807) is 32.1 Å². The smallest absolute Gasteiger partial charge is 1.00 e. The summed E-state index contributed by atoms with van der Waals surface area (Å²) in [5.41, 5.74) is -1.09. The third-order valence-electron chi connectivity index (χ3n) is 12.4. The first-order valence-electron chi connectivity index (χ1n) is 22.7. The quantitative estimate of drug-likeness (QED) is 0.0565. The molecule has 60 heavy (non-hydrogen) atoms. The van der Waals surface area contributed by atoms with E-state index < -0.39 is 33.7 Å². The van der Waals surface area contributed by atoms with Gasteiger partial charge in [0.05, 0.1) is 26.4 Å². The molecule has 0 aliphatic carbocycles. The molecule has 21 heteroatoms. The van der Waals surface area contributed by atoms with Crippen LogP contribution >= 0.6 is 9.24 Å². The van der Waals surface area contributed by atoms with Gasteiger partial charge in [-0.2, -0.15) is 0 Å². The molecule has 0 saturated carbocycles. The number of carbonyl (C=O) groups is 3. The van der Waals surface area contributed by atoms with Crippen molar-refractivity contribution in [3.63, 3.8) is 0 Å². The second-order valence-electron chi connectivity index (χ2n) is 16.3. The summed E-state index contributed by atoms with van der Waals surface area (Å²) in [6.45, 7) is 17.2. The summed E-state index contributed by atoms with van der Waals surface area (Å²) in [4.78, 5) is 42.0.